The van der Waals surface area contributed by atoms with Crippen molar-refractivity contribution in [3.8, 4) is 11.4 Å². The van der Waals surface area contributed by atoms with E-state index < -0.39 is 5.97 Å². The number of carbonyl (C=O) groups excluding carboxylic acids is 1. The highest BCUT2D eigenvalue weighted by atomic mass is 35.5. The number of ether oxygens (including phenoxy) is 1. The number of rotatable bonds is 6. The molecule has 2 aromatic heterocycles. The zero-order chi connectivity index (χ0) is 23.5. The van der Waals surface area contributed by atoms with Crippen LogP contribution in [0.2, 0.25) is 5.02 Å². The number of halogens is 1. The number of aromatic nitrogens is 4. The molecular weight excluding hydrogens is 456 g/mol. The van der Waals surface area contributed by atoms with Crippen LogP contribution in [0.15, 0.2) is 88.2 Å². The molecule has 0 aliphatic rings. The lowest BCUT2D eigenvalue weighted by Crippen LogP contribution is -2.27. The molecule has 0 radical (unpaired) electrons. The Morgan fingerprint density at radius 3 is 2.41 bits per heavy atom. The van der Waals surface area contributed by atoms with Crippen LogP contribution in [0.25, 0.3) is 22.2 Å². The van der Waals surface area contributed by atoms with Crippen molar-refractivity contribution in [2.45, 2.75) is 13.2 Å². The summed E-state index contributed by atoms with van der Waals surface area (Å²) in [4.78, 5) is 30.2. The number of carbonyl (C=O) groups is 1. The van der Waals surface area contributed by atoms with Gasteiger partial charge in [0.25, 0.3) is 11.4 Å². The molecule has 0 saturated carbocycles. The quantitative estimate of drug-likeness (QED) is 0.335. The number of hydrogen-bond acceptors (Lipinski definition) is 7. The third kappa shape index (κ3) is 4.44. The van der Waals surface area contributed by atoms with Crippen LogP contribution in [0.1, 0.15) is 21.9 Å². The predicted octanol–water partition coefficient (Wildman–Crippen LogP) is 4.51. The summed E-state index contributed by atoms with van der Waals surface area (Å²) < 4.78 is 11.9. The maximum Gasteiger partial charge on any atom is 0.359 e. The first kappa shape index (κ1) is 21.5. The fourth-order valence-electron chi connectivity index (χ4n) is 3.47. The lowest BCUT2D eigenvalue weighted by atomic mass is 10.1. The SMILES string of the molecule is O=C(OCc1nc(-c2ccc(Cl)cc2)no1)c1nn(Cc2ccccc2)c(=O)c2ccccc12. The molecule has 0 atom stereocenters. The zero-order valence-corrected chi connectivity index (χ0v) is 18.5. The molecule has 0 fully saturated rings. The smallest absolute Gasteiger partial charge is 0.359 e. The summed E-state index contributed by atoms with van der Waals surface area (Å²) in [5.41, 5.74) is 1.34. The summed E-state index contributed by atoms with van der Waals surface area (Å²) in [5, 5.41) is 9.61. The van der Waals surface area contributed by atoms with Crippen LogP contribution in [-0.4, -0.2) is 25.9 Å². The van der Waals surface area contributed by atoms with Gasteiger partial charge in [-0.15, -0.1) is 0 Å². The van der Waals surface area contributed by atoms with Crippen LogP contribution in [-0.2, 0) is 17.9 Å². The van der Waals surface area contributed by atoms with Crippen molar-refractivity contribution in [1.29, 1.82) is 0 Å². The molecule has 34 heavy (non-hydrogen) atoms. The fourth-order valence-corrected chi connectivity index (χ4v) is 3.60. The Labute approximate surface area is 198 Å². The van der Waals surface area contributed by atoms with E-state index in [9.17, 15) is 9.59 Å². The van der Waals surface area contributed by atoms with Gasteiger partial charge in [0.15, 0.2) is 12.3 Å². The first-order valence-corrected chi connectivity index (χ1v) is 10.8. The average molecular weight is 473 g/mol. The number of esters is 1. The first-order valence-electron chi connectivity index (χ1n) is 10.4. The summed E-state index contributed by atoms with van der Waals surface area (Å²) >= 11 is 5.91. The minimum atomic E-state index is -0.704. The first-order chi connectivity index (χ1) is 16.6. The molecule has 0 unspecified atom stereocenters. The van der Waals surface area contributed by atoms with E-state index in [0.717, 1.165) is 5.56 Å². The van der Waals surface area contributed by atoms with Crippen LogP contribution in [0.3, 0.4) is 0 Å². The van der Waals surface area contributed by atoms with E-state index in [2.05, 4.69) is 15.2 Å². The molecule has 0 aliphatic carbocycles. The number of nitrogens with zero attached hydrogens (tertiary/aromatic N) is 4. The van der Waals surface area contributed by atoms with Gasteiger partial charge in [0.05, 0.1) is 11.9 Å². The highest BCUT2D eigenvalue weighted by Crippen LogP contribution is 2.20. The molecular formula is C25H17ClN4O4. The largest absolute Gasteiger partial charge is 0.451 e. The van der Waals surface area contributed by atoms with Crippen molar-refractivity contribution in [1.82, 2.24) is 19.9 Å². The maximum absolute atomic E-state index is 13.0. The molecule has 0 aliphatic heterocycles. The van der Waals surface area contributed by atoms with E-state index in [0.29, 0.717) is 27.2 Å². The van der Waals surface area contributed by atoms with E-state index in [1.54, 1.807) is 48.5 Å². The Balaban J connectivity index is 1.40. The Morgan fingerprint density at radius 2 is 1.65 bits per heavy atom. The number of hydrogen-bond donors (Lipinski definition) is 0. The predicted molar refractivity (Wildman–Crippen MR) is 125 cm³/mol. The van der Waals surface area contributed by atoms with Gasteiger partial charge < -0.3 is 9.26 Å². The molecule has 0 saturated heterocycles. The molecule has 2 heterocycles. The third-order valence-electron chi connectivity index (χ3n) is 5.13. The maximum atomic E-state index is 13.0. The third-order valence-corrected chi connectivity index (χ3v) is 5.39. The lowest BCUT2D eigenvalue weighted by molar-refractivity contribution is 0.0422. The summed E-state index contributed by atoms with van der Waals surface area (Å²) in [6, 6.07) is 23.2. The van der Waals surface area contributed by atoms with Crippen molar-refractivity contribution in [2.75, 3.05) is 0 Å². The van der Waals surface area contributed by atoms with Crippen LogP contribution >= 0.6 is 11.6 Å². The summed E-state index contributed by atoms with van der Waals surface area (Å²) in [5.74, 6) is -0.229. The molecule has 0 N–H and O–H groups in total. The second-order valence-corrected chi connectivity index (χ2v) is 7.87. The van der Waals surface area contributed by atoms with Gasteiger partial charge in [-0.05, 0) is 35.9 Å². The van der Waals surface area contributed by atoms with E-state index in [4.69, 9.17) is 20.9 Å². The van der Waals surface area contributed by atoms with Crippen molar-refractivity contribution in [3.05, 3.63) is 111 Å². The monoisotopic (exact) mass is 472 g/mol. The zero-order valence-electron chi connectivity index (χ0n) is 17.7. The van der Waals surface area contributed by atoms with Gasteiger partial charge in [0.2, 0.25) is 5.82 Å². The Bertz CT molecular complexity index is 1530. The standard InChI is InChI=1S/C25H17ClN4O4/c26-18-12-10-17(11-13-18)23-27-21(34-29-23)15-33-25(32)22-19-8-4-5-9-20(19)24(31)30(28-22)14-16-6-2-1-3-7-16/h1-13H,14-15H2. The number of fused-ring (bicyclic) bond motifs is 1. The minimum absolute atomic E-state index is 0.0311. The molecule has 0 amide bonds. The number of benzene rings is 3. The molecule has 5 aromatic rings. The summed E-state index contributed by atoms with van der Waals surface area (Å²) in [7, 11) is 0. The molecule has 168 valence electrons. The molecule has 0 bridgehead atoms. The van der Waals surface area contributed by atoms with E-state index in [-0.39, 0.29) is 30.3 Å². The lowest BCUT2D eigenvalue weighted by Gasteiger charge is -2.10. The Hall–Kier alpha value is -4.30. The van der Waals surface area contributed by atoms with Gasteiger partial charge in [-0.1, -0.05) is 65.3 Å². The highest BCUT2D eigenvalue weighted by molar-refractivity contribution is 6.30. The highest BCUT2D eigenvalue weighted by Gasteiger charge is 2.19. The van der Waals surface area contributed by atoms with Crippen molar-refractivity contribution >= 4 is 28.3 Å². The van der Waals surface area contributed by atoms with Gasteiger partial charge in [-0.25, -0.2) is 9.48 Å². The van der Waals surface area contributed by atoms with Gasteiger partial charge >= 0.3 is 5.97 Å². The Kier molecular flexibility index (Phi) is 5.88. The van der Waals surface area contributed by atoms with Crippen molar-refractivity contribution in [3.63, 3.8) is 0 Å². The normalized spacial score (nSPS) is 11.0. The van der Waals surface area contributed by atoms with Gasteiger partial charge in [-0.2, -0.15) is 10.1 Å². The summed E-state index contributed by atoms with van der Waals surface area (Å²) in [6.07, 6.45) is 0. The average Bonchev–Trinajstić information content (AvgIpc) is 3.34. The van der Waals surface area contributed by atoms with E-state index >= 15 is 0 Å². The van der Waals surface area contributed by atoms with E-state index in [1.807, 2.05) is 30.3 Å². The molecule has 8 nitrogen and oxygen atoms in total. The van der Waals surface area contributed by atoms with E-state index in [1.165, 1.54) is 4.68 Å². The van der Waals surface area contributed by atoms with Crippen molar-refractivity contribution in [2.24, 2.45) is 0 Å². The topological polar surface area (TPSA) is 100 Å². The molecule has 3 aromatic carbocycles. The molecule has 9 heteroatoms. The van der Waals surface area contributed by atoms with Crippen LogP contribution in [0, 0.1) is 0 Å². The minimum Gasteiger partial charge on any atom is -0.451 e. The van der Waals surface area contributed by atoms with Crippen molar-refractivity contribution < 1.29 is 14.1 Å². The molecule has 0 spiro atoms. The van der Waals surface area contributed by atoms with Crippen LogP contribution in [0.5, 0.6) is 0 Å². The second kappa shape index (κ2) is 9.29. The van der Waals surface area contributed by atoms with Crippen LogP contribution < -0.4 is 5.56 Å². The van der Waals surface area contributed by atoms with Gasteiger partial charge in [0.1, 0.15) is 0 Å². The fraction of sp³-hybridized carbons (Fsp3) is 0.0800. The summed E-state index contributed by atoms with van der Waals surface area (Å²) in [6.45, 7) is -0.0217. The Morgan fingerprint density at radius 1 is 0.941 bits per heavy atom. The second-order valence-electron chi connectivity index (χ2n) is 7.44. The van der Waals surface area contributed by atoms with Gasteiger partial charge in [0, 0.05) is 16.0 Å². The molecule has 5 rings (SSSR count). The van der Waals surface area contributed by atoms with Crippen LogP contribution in [0.4, 0.5) is 0 Å². The van der Waals surface area contributed by atoms with Gasteiger partial charge in [-0.3, -0.25) is 4.79 Å².